The Bertz CT molecular complexity index is 736. The van der Waals surface area contributed by atoms with E-state index in [9.17, 15) is 19.5 Å². The Morgan fingerprint density at radius 2 is 1.63 bits per heavy atom. The molecule has 0 aliphatic carbocycles. The zero-order valence-corrected chi connectivity index (χ0v) is 17.3. The van der Waals surface area contributed by atoms with Crippen LogP contribution in [0.15, 0.2) is 24.3 Å². The van der Waals surface area contributed by atoms with E-state index in [1.54, 1.807) is 19.2 Å². The molecule has 1 aromatic carbocycles. The fourth-order valence-electron chi connectivity index (χ4n) is 3.12. The van der Waals surface area contributed by atoms with Crippen molar-refractivity contribution in [3.8, 4) is 5.75 Å². The molecule has 0 radical (unpaired) electrons. The zero-order valence-electron chi connectivity index (χ0n) is 17.3. The summed E-state index contributed by atoms with van der Waals surface area (Å²) in [5, 5.41) is 12.8. The number of carbonyl (C=O) groups excluding carboxylic acids is 3. The molecule has 2 N–H and O–H groups in total. The molecule has 30 heavy (non-hydrogen) atoms. The molecule has 10 heteroatoms. The van der Waals surface area contributed by atoms with Gasteiger partial charge in [0.05, 0.1) is 20.3 Å². The Morgan fingerprint density at radius 3 is 2.17 bits per heavy atom. The van der Waals surface area contributed by atoms with E-state index < -0.39 is 48.5 Å². The van der Waals surface area contributed by atoms with Crippen molar-refractivity contribution in [1.29, 1.82) is 0 Å². The summed E-state index contributed by atoms with van der Waals surface area (Å²) < 4.78 is 26.9. The van der Waals surface area contributed by atoms with E-state index in [0.29, 0.717) is 5.75 Å². The lowest BCUT2D eigenvalue weighted by Crippen LogP contribution is -2.66. The van der Waals surface area contributed by atoms with Crippen molar-refractivity contribution in [2.45, 2.75) is 58.0 Å². The number of nitrogens with one attached hydrogen (secondary N) is 1. The van der Waals surface area contributed by atoms with Gasteiger partial charge in [0, 0.05) is 20.8 Å². The number of carbonyl (C=O) groups is 3. The fraction of sp³-hybridized carbons (Fsp3) is 0.550. The van der Waals surface area contributed by atoms with Gasteiger partial charge in [0.1, 0.15) is 17.9 Å². The van der Waals surface area contributed by atoms with Gasteiger partial charge in [0.2, 0.25) is 5.91 Å². The maximum Gasteiger partial charge on any atom is 0.303 e. The lowest BCUT2D eigenvalue weighted by atomic mass is 9.96. The Morgan fingerprint density at radius 1 is 1.03 bits per heavy atom. The predicted molar refractivity (Wildman–Crippen MR) is 102 cm³/mol. The third kappa shape index (κ3) is 6.68. The lowest BCUT2D eigenvalue weighted by Gasteiger charge is -2.43. The number of esters is 2. The standard InChI is InChI=1S/C20H27NO9/c1-11(22)21-17-19(29-13(3)24)18(28-12(2)23)16(30-20(17)25)10-27-9-14-5-7-15(26-4)8-6-14/h5-8,16-20,25H,9-10H2,1-4H3,(H,21,22)/t16-,17-,18-,19-,20+/m1/s1. The Balaban J connectivity index is 2.13. The van der Waals surface area contributed by atoms with Crippen LogP contribution in [0, 0.1) is 0 Å². The molecule has 0 spiro atoms. The van der Waals surface area contributed by atoms with E-state index in [1.807, 2.05) is 12.1 Å². The molecule has 1 fully saturated rings. The summed E-state index contributed by atoms with van der Waals surface area (Å²) >= 11 is 0. The van der Waals surface area contributed by atoms with Crippen molar-refractivity contribution in [3.05, 3.63) is 29.8 Å². The molecule has 0 unspecified atom stereocenters. The van der Waals surface area contributed by atoms with Gasteiger partial charge >= 0.3 is 11.9 Å². The topological polar surface area (TPSA) is 130 Å². The normalized spacial score (nSPS) is 25.8. The molecular weight excluding hydrogens is 398 g/mol. The highest BCUT2D eigenvalue weighted by molar-refractivity contribution is 5.73. The first-order chi connectivity index (χ1) is 14.2. The minimum absolute atomic E-state index is 0.0639. The van der Waals surface area contributed by atoms with Crippen molar-refractivity contribution >= 4 is 17.8 Å². The predicted octanol–water partition coefficient (Wildman–Crippen LogP) is 0.297. The monoisotopic (exact) mass is 425 g/mol. The smallest absolute Gasteiger partial charge is 0.303 e. The van der Waals surface area contributed by atoms with Gasteiger partial charge in [-0.2, -0.15) is 0 Å². The molecule has 1 aromatic rings. The number of hydrogen-bond acceptors (Lipinski definition) is 9. The first-order valence-electron chi connectivity index (χ1n) is 9.37. The van der Waals surface area contributed by atoms with E-state index >= 15 is 0 Å². The largest absolute Gasteiger partial charge is 0.497 e. The number of aliphatic hydroxyl groups excluding tert-OH is 1. The van der Waals surface area contributed by atoms with Crippen molar-refractivity contribution in [2.24, 2.45) is 0 Å². The van der Waals surface area contributed by atoms with Crippen LogP contribution in [0.5, 0.6) is 5.75 Å². The zero-order chi connectivity index (χ0) is 22.3. The Labute approximate surface area is 174 Å². The number of amides is 1. The van der Waals surface area contributed by atoms with Gasteiger partial charge in [0.25, 0.3) is 0 Å². The second-order valence-corrected chi connectivity index (χ2v) is 6.80. The van der Waals surface area contributed by atoms with Crippen molar-refractivity contribution < 1.29 is 43.2 Å². The van der Waals surface area contributed by atoms with Gasteiger partial charge in [-0.1, -0.05) is 12.1 Å². The molecule has 1 aliphatic rings. The highest BCUT2D eigenvalue weighted by Gasteiger charge is 2.49. The molecular formula is C20H27NO9. The van der Waals surface area contributed by atoms with Crippen LogP contribution in [0.2, 0.25) is 0 Å². The summed E-state index contributed by atoms with van der Waals surface area (Å²) in [7, 11) is 1.57. The van der Waals surface area contributed by atoms with Crippen LogP contribution in [0.4, 0.5) is 0 Å². The van der Waals surface area contributed by atoms with E-state index in [4.69, 9.17) is 23.7 Å². The molecule has 0 bridgehead atoms. The highest BCUT2D eigenvalue weighted by Crippen LogP contribution is 2.26. The van der Waals surface area contributed by atoms with Crippen molar-refractivity contribution in [1.82, 2.24) is 5.32 Å². The van der Waals surface area contributed by atoms with E-state index in [2.05, 4.69) is 5.32 Å². The summed E-state index contributed by atoms with van der Waals surface area (Å²) in [5.74, 6) is -1.07. The summed E-state index contributed by atoms with van der Waals surface area (Å²) in [6.45, 7) is 3.76. The van der Waals surface area contributed by atoms with Gasteiger partial charge in [-0.25, -0.2) is 0 Å². The van der Waals surface area contributed by atoms with Crippen LogP contribution in [0.1, 0.15) is 26.3 Å². The number of hydrogen-bond donors (Lipinski definition) is 2. The fourth-order valence-corrected chi connectivity index (χ4v) is 3.12. The SMILES string of the molecule is COc1ccc(COC[C@H]2O[C@H](O)[C@H](NC(C)=O)[C@@H](OC(C)=O)[C@@H]2OC(C)=O)cc1. The average Bonchev–Trinajstić information content (AvgIpc) is 2.67. The highest BCUT2D eigenvalue weighted by atomic mass is 16.7. The number of rotatable bonds is 8. The third-order valence-corrected chi connectivity index (χ3v) is 4.35. The van der Waals surface area contributed by atoms with Crippen LogP contribution in [-0.2, 0) is 39.9 Å². The maximum absolute atomic E-state index is 11.6. The molecule has 5 atom stereocenters. The molecule has 166 valence electrons. The van der Waals surface area contributed by atoms with Gasteiger partial charge < -0.3 is 34.1 Å². The van der Waals surface area contributed by atoms with Crippen LogP contribution >= 0.6 is 0 Å². The number of methoxy groups -OCH3 is 1. The van der Waals surface area contributed by atoms with E-state index in [-0.39, 0.29) is 13.2 Å². The quantitative estimate of drug-likeness (QED) is 0.565. The van der Waals surface area contributed by atoms with Gasteiger partial charge in [0.15, 0.2) is 18.5 Å². The first kappa shape index (κ1) is 23.6. The van der Waals surface area contributed by atoms with Crippen LogP contribution < -0.4 is 10.1 Å². The second-order valence-electron chi connectivity index (χ2n) is 6.80. The first-order valence-corrected chi connectivity index (χ1v) is 9.37. The lowest BCUT2D eigenvalue weighted by molar-refractivity contribution is -0.266. The van der Waals surface area contributed by atoms with Crippen LogP contribution in [0.3, 0.4) is 0 Å². The van der Waals surface area contributed by atoms with E-state index in [1.165, 1.54) is 20.8 Å². The molecule has 1 aliphatic heterocycles. The Kier molecular flexibility index (Phi) is 8.58. The van der Waals surface area contributed by atoms with Crippen molar-refractivity contribution in [2.75, 3.05) is 13.7 Å². The second kappa shape index (κ2) is 10.9. The molecule has 2 rings (SSSR count). The molecule has 1 amide bonds. The molecule has 1 heterocycles. The summed E-state index contributed by atoms with van der Waals surface area (Å²) in [6, 6.07) is 6.11. The summed E-state index contributed by atoms with van der Waals surface area (Å²) in [5.41, 5.74) is 0.865. The van der Waals surface area contributed by atoms with Gasteiger partial charge in [-0.15, -0.1) is 0 Å². The average molecular weight is 425 g/mol. The molecule has 1 saturated heterocycles. The van der Waals surface area contributed by atoms with Crippen LogP contribution in [0.25, 0.3) is 0 Å². The minimum Gasteiger partial charge on any atom is -0.497 e. The van der Waals surface area contributed by atoms with E-state index in [0.717, 1.165) is 5.56 Å². The molecule has 10 nitrogen and oxygen atoms in total. The number of ether oxygens (including phenoxy) is 5. The third-order valence-electron chi connectivity index (χ3n) is 4.35. The number of benzene rings is 1. The minimum atomic E-state index is -1.50. The molecule has 0 saturated carbocycles. The summed E-state index contributed by atoms with van der Waals surface area (Å²) in [4.78, 5) is 34.7. The van der Waals surface area contributed by atoms with Crippen molar-refractivity contribution in [3.63, 3.8) is 0 Å². The van der Waals surface area contributed by atoms with Crippen LogP contribution in [-0.4, -0.2) is 67.3 Å². The number of aliphatic hydroxyl groups is 1. The van der Waals surface area contributed by atoms with Gasteiger partial charge in [-0.3, -0.25) is 14.4 Å². The maximum atomic E-state index is 11.6. The van der Waals surface area contributed by atoms with Gasteiger partial charge in [-0.05, 0) is 17.7 Å². The summed E-state index contributed by atoms with van der Waals surface area (Å²) in [6.07, 6.45) is -4.69. The molecule has 0 aromatic heterocycles. The Hall–Kier alpha value is -2.69.